The molecule has 1 aromatic carbocycles. The Balaban J connectivity index is 1.72. The molecule has 0 fully saturated rings. The maximum atomic E-state index is 10.2. The van der Waals surface area contributed by atoms with Gasteiger partial charge < -0.3 is 14.1 Å². The van der Waals surface area contributed by atoms with Gasteiger partial charge in [0, 0.05) is 12.8 Å². The third-order valence-corrected chi connectivity index (χ3v) is 4.59. The zero-order valence-electron chi connectivity index (χ0n) is 12.4. The Bertz CT molecular complexity index is 752. The van der Waals surface area contributed by atoms with Crippen LogP contribution in [0.25, 0.3) is 11.4 Å². The molecule has 6 heteroatoms. The number of hydrogen-bond donors (Lipinski definition) is 1. The van der Waals surface area contributed by atoms with Crippen molar-refractivity contribution in [1.29, 1.82) is 0 Å². The van der Waals surface area contributed by atoms with Crippen molar-refractivity contribution in [3.8, 4) is 11.4 Å². The van der Waals surface area contributed by atoms with Crippen molar-refractivity contribution in [3.63, 3.8) is 0 Å². The van der Waals surface area contributed by atoms with Gasteiger partial charge in [-0.05, 0) is 18.6 Å². The summed E-state index contributed by atoms with van der Waals surface area (Å²) in [7, 11) is 1.92. The highest BCUT2D eigenvalue weighted by Crippen LogP contribution is 2.28. The lowest BCUT2D eigenvalue weighted by Gasteiger charge is -2.10. The SMILES string of the molecule is Cc1occc1-c1nnc(SCC(O)c2ccccc2)n1C. The van der Waals surface area contributed by atoms with E-state index in [-0.39, 0.29) is 0 Å². The van der Waals surface area contributed by atoms with Crippen LogP contribution in [-0.4, -0.2) is 25.6 Å². The lowest BCUT2D eigenvalue weighted by Crippen LogP contribution is -2.02. The van der Waals surface area contributed by atoms with E-state index in [1.54, 1.807) is 6.26 Å². The lowest BCUT2D eigenvalue weighted by molar-refractivity contribution is 0.204. The van der Waals surface area contributed by atoms with Crippen LogP contribution in [0.1, 0.15) is 17.4 Å². The summed E-state index contributed by atoms with van der Waals surface area (Å²) in [5.41, 5.74) is 1.84. The van der Waals surface area contributed by atoms with E-state index in [4.69, 9.17) is 4.42 Å². The number of aliphatic hydroxyl groups excluding tert-OH is 1. The first-order chi connectivity index (χ1) is 10.7. The number of hydrogen-bond acceptors (Lipinski definition) is 5. The summed E-state index contributed by atoms with van der Waals surface area (Å²) in [5.74, 6) is 2.11. The van der Waals surface area contributed by atoms with Crippen LogP contribution in [0.5, 0.6) is 0 Å². The van der Waals surface area contributed by atoms with Gasteiger partial charge in [0.25, 0.3) is 0 Å². The molecular formula is C16H17N3O2S. The maximum Gasteiger partial charge on any atom is 0.191 e. The van der Waals surface area contributed by atoms with Crippen LogP contribution in [0.4, 0.5) is 0 Å². The van der Waals surface area contributed by atoms with E-state index < -0.39 is 6.10 Å². The van der Waals surface area contributed by atoms with Crippen LogP contribution in [-0.2, 0) is 7.05 Å². The van der Waals surface area contributed by atoms with Crippen LogP contribution in [0, 0.1) is 6.92 Å². The minimum absolute atomic E-state index is 0.526. The van der Waals surface area contributed by atoms with Crippen LogP contribution in [0.3, 0.4) is 0 Å². The van der Waals surface area contributed by atoms with E-state index in [1.807, 2.05) is 54.9 Å². The molecule has 0 radical (unpaired) electrons. The molecule has 0 bridgehead atoms. The Hall–Kier alpha value is -2.05. The third-order valence-electron chi connectivity index (χ3n) is 3.49. The molecular weight excluding hydrogens is 298 g/mol. The summed E-state index contributed by atoms with van der Waals surface area (Å²) in [6.07, 6.45) is 1.12. The monoisotopic (exact) mass is 315 g/mol. The van der Waals surface area contributed by atoms with Gasteiger partial charge in [0.15, 0.2) is 11.0 Å². The van der Waals surface area contributed by atoms with Gasteiger partial charge in [0.1, 0.15) is 5.76 Å². The first kappa shape index (κ1) is 14.9. The maximum absolute atomic E-state index is 10.2. The zero-order chi connectivity index (χ0) is 15.5. The molecule has 1 unspecified atom stereocenters. The fourth-order valence-electron chi connectivity index (χ4n) is 2.22. The predicted molar refractivity (Wildman–Crippen MR) is 85.6 cm³/mol. The molecule has 0 amide bonds. The number of thioether (sulfide) groups is 1. The van der Waals surface area contributed by atoms with Gasteiger partial charge in [-0.3, -0.25) is 0 Å². The van der Waals surface area contributed by atoms with E-state index in [1.165, 1.54) is 11.8 Å². The smallest absolute Gasteiger partial charge is 0.191 e. The number of nitrogens with zero attached hydrogens (tertiary/aromatic N) is 3. The van der Waals surface area contributed by atoms with E-state index in [9.17, 15) is 5.11 Å². The molecule has 2 heterocycles. The molecule has 0 aliphatic rings. The highest BCUT2D eigenvalue weighted by Gasteiger charge is 2.16. The summed E-state index contributed by atoms with van der Waals surface area (Å²) in [4.78, 5) is 0. The Kier molecular flexibility index (Phi) is 4.31. The molecule has 5 nitrogen and oxygen atoms in total. The van der Waals surface area contributed by atoms with Gasteiger partial charge >= 0.3 is 0 Å². The molecule has 3 aromatic rings. The Morgan fingerprint density at radius 2 is 2.00 bits per heavy atom. The van der Waals surface area contributed by atoms with Crippen LogP contribution < -0.4 is 0 Å². The molecule has 0 spiro atoms. The molecule has 0 aliphatic heterocycles. The number of aromatic nitrogens is 3. The van der Waals surface area contributed by atoms with E-state index >= 15 is 0 Å². The van der Waals surface area contributed by atoms with Gasteiger partial charge in [-0.2, -0.15) is 0 Å². The van der Waals surface area contributed by atoms with E-state index in [0.717, 1.165) is 27.9 Å². The third kappa shape index (κ3) is 2.93. The van der Waals surface area contributed by atoms with E-state index in [0.29, 0.717) is 5.75 Å². The molecule has 22 heavy (non-hydrogen) atoms. The quantitative estimate of drug-likeness (QED) is 0.732. The highest BCUT2D eigenvalue weighted by atomic mass is 32.2. The Labute approximate surface area is 133 Å². The molecule has 0 aliphatic carbocycles. The van der Waals surface area contributed by atoms with Crippen molar-refractivity contribution in [2.24, 2.45) is 7.05 Å². The molecule has 3 rings (SSSR count). The van der Waals surface area contributed by atoms with Gasteiger partial charge in [0.05, 0.1) is 17.9 Å². The van der Waals surface area contributed by atoms with Crippen molar-refractivity contribution < 1.29 is 9.52 Å². The normalized spacial score (nSPS) is 12.5. The van der Waals surface area contributed by atoms with Crippen LogP contribution in [0.15, 0.2) is 52.2 Å². The van der Waals surface area contributed by atoms with Gasteiger partial charge in [-0.15, -0.1) is 10.2 Å². The van der Waals surface area contributed by atoms with Gasteiger partial charge in [-0.25, -0.2) is 0 Å². The van der Waals surface area contributed by atoms with Crippen LogP contribution >= 0.6 is 11.8 Å². The first-order valence-corrected chi connectivity index (χ1v) is 7.95. The second-order valence-electron chi connectivity index (χ2n) is 4.99. The van der Waals surface area contributed by atoms with E-state index in [2.05, 4.69) is 10.2 Å². The second-order valence-corrected chi connectivity index (χ2v) is 5.98. The highest BCUT2D eigenvalue weighted by molar-refractivity contribution is 7.99. The molecule has 1 N–H and O–H groups in total. The number of aryl methyl sites for hydroxylation is 1. The fraction of sp³-hybridized carbons (Fsp3) is 0.250. The minimum atomic E-state index is -0.526. The van der Waals surface area contributed by atoms with Crippen molar-refractivity contribution in [2.45, 2.75) is 18.2 Å². The summed E-state index contributed by atoms with van der Waals surface area (Å²) in [6, 6.07) is 11.5. The van der Waals surface area contributed by atoms with Crippen molar-refractivity contribution in [3.05, 3.63) is 54.0 Å². The molecule has 0 saturated heterocycles. The summed E-state index contributed by atoms with van der Waals surface area (Å²) in [6.45, 7) is 1.90. The summed E-state index contributed by atoms with van der Waals surface area (Å²) < 4.78 is 7.23. The molecule has 114 valence electrons. The first-order valence-electron chi connectivity index (χ1n) is 6.96. The minimum Gasteiger partial charge on any atom is -0.469 e. The Morgan fingerprint density at radius 3 is 2.68 bits per heavy atom. The predicted octanol–water partition coefficient (Wildman–Crippen LogP) is 3.21. The van der Waals surface area contributed by atoms with Crippen LogP contribution in [0.2, 0.25) is 0 Å². The average molecular weight is 315 g/mol. The topological polar surface area (TPSA) is 64.1 Å². The van der Waals surface area contributed by atoms with Crippen molar-refractivity contribution >= 4 is 11.8 Å². The molecule has 2 aromatic heterocycles. The Morgan fingerprint density at radius 1 is 1.23 bits per heavy atom. The summed E-state index contributed by atoms with van der Waals surface area (Å²) >= 11 is 1.48. The molecule has 0 saturated carbocycles. The van der Waals surface area contributed by atoms with Gasteiger partial charge in [0.2, 0.25) is 0 Å². The number of furan rings is 1. The standard InChI is InChI=1S/C16H17N3O2S/c1-11-13(8-9-21-11)15-17-18-16(19(15)2)22-10-14(20)12-6-4-3-5-7-12/h3-9,14,20H,10H2,1-2H3. The second kappa shape index (κ2) is 6.37. The summed E-state index contributed by atoms with van der Waals surface area (Å²) in [5, 5.41) is 19.4. The fourth-order valence-corrected chi connectivity index (χ4v) is 3.10. The number of benzene rings is 1. The largest absolute Gasteiger partial charge is 0.469 e. The van der Waals surface area contributed by atoms with Gasteiger partial charge in [-0.1, -0.05) is 42.1 Å². The molecule has 1 atom stereocenters. The number of aliphatic hydroxyl groups is 1. The average Bonchev–Trinajstić information content (AvgIpc) is 3.11. The zero-order valence-corrected chi connectivity index (χ0v) is 13.2. The number of rotatable bonds is 5. The van der Waals surface area contributed by atoms with Crippen molar-refractivity contribution in [2.75, 3.05) is 5.75 Å². The van der Waals surface area contributed by atoms with Crippen molar-refractivity contribution in [1.82, 2.24) is 14.8 Å². The lowest BCUT2D eigenvalue weighted by atomic mass is 10.1.